The van der Waals surface area contributed by atoms with Crippen LogP contribution >= 0.6 is 0 Å². The molecule has 3 heterocycles. The predicted molar refractivity (Wildman–Crippen MR) is 81.8 cm³/mol. The molecule has 2 aromatic heterocycles. The number of carbonyl (C=O) groups is 1. The van der Waals surface area contributed by atoms with Gasteiger partial charge in [0.25, 0.3) is 0 Å². The number of piperidine rings is 1. The summed E-state index contributed by atoms with van der Waals surface area (Å²) in [5.41, 5.74) is 8.32. The van der Waals surface area contributed by atoms with E-state index in [9.17, 15) is 4.79 Å². The Morgan fingerprint density at radius 3 is 2.67 bits per heavy atom. The molecule has 1 fully saturated rings. The van der Waals surface area contributed by atoms with Crippen LogP contribution in [-0.4, -0.2) is 38.4 Å². The second-order valence-corrected chi connectivity index (χ2v) is 5.70. The molecule has 1 atom stereocenters. The fourth-order valence-corrected chi connectivity index (χ4v) is 2.96. The van der Waals surface area contributed by atoms with Crippen LogP contribution < -0.4 is 5.73 Å². The molecule has 2 aromatic rings. The van der Waals surface area contributed by atoms with Gasteiger partial charge in [-0.1, -0.05) is 0 Å². The van der Waals surface area contributed by atoms with Crippen molar-refractivity contribution in [3.05, 3.63) is 17.8 Å². The van der Waals surface area contributed by atoms with Crippen molar-refractivity contribution in [2.75, 3.05) is 18.8 Å². The lowest BCUT2D eigenvalue weighted by Gasteiger charge is -2.29. The van der Waals surface area contributed by atoms with Gasteiger partial charge in [-0.15, -0.1) is 0 Å². The first-order chi connectivity index (χ1) is 10.1. The van der Waals surface area contributed by atoms with Crippen molar-refractivity contribution in [3.63, 3.8) is 0 Å². The van der Waals surface area contributed by atoms with Gasteiger partial charge in [0.2, 0.25) is 11.9 Å². The Hall–Kier alpha value is -2.11. The van der Waals surface area contributed by atoms with Crippen molar-refractivity contribution in [1.29, 1.82) is 0 Å². The zero-order valence-electron chi connectivity index (χ0n) is 12.5. The van der Waals surface area contributed by atoms with Gasteiger partial charge in [0.05, 0.1) is 0 Å². The van der Waals surface area contributed by atoms with Crippen LogP contribution in [0.5, 0.6) is 0 Å². The molecule has 1 saturated heterocycles. The molecule has 1 aliphatic rings. The highest BCUT2D eigenvalue weighted by atomic mass is 16.2. The van der Waals surface area contributed by atoms with E-state index >= 15 is 0 Å². The molecule has 0 saturated carbocycles. The maximum atomic E-state index is 12.7. The Kier molecular flexibility index (Phi) is 3.53. The molecule has 21 heavy (non-hydrogen) atoms. The molecular weight excluding hydrogens is 266 g/mol. The lowest BCUT2D eigenvalue weighted by molar-refractivity contribution is -0.135. The summed E-state index contributed by atoms with van der Waals surface area (Å²) in [6.45, 7) is 5.47. The summed E-state index contributed by atoms with van der Waals surface area (Å²) in [7, 11) is 0. The normalized spacial score (nSPS) is 17.1. The monoisotopic (exact) mass is 287 g/mol. The summed E-state index contributed by atoms with van der Waals surface area (Å²) in [5, 5.41) is 0. The highest BCUT2D eigenvalue weighted by Gasteiger charge is 2.26. The fourth-order valence-electron chi connectivity index (χ4n) is 2.96. The number of likely N-dealkylation sites (tertiary alicyclic amines) is 1. The summed E-state index contributed by atoms with van der Waals surface area (Å²) in [6.07, 6.45) is 3.36. The van der Waals surface area contributed by atoms with E-state index < -0.39 is 0 Å². The number of aromatic nitrogens is 3. The first kappa shape index (κ1) is 13.9. The van der Waals surface area contributed by atoms with Gasteiger partial charge in [-0.05, 0) is 45.2 Å². The summed E-state index contributed by atoms with van der Waals surface area (Å²) < 4.78 is 1.75. The van der Waals surface area contributed by atoms with Crippen LogP contribution in [0.15, 0.2) is 12.1 Å². The van der Waals surface area contributed by atoms with E-state index in [1.807, 2.05) is 30.9 Å². The van der Waals surface area contributed by atoms with E-state index in [2.05, 4.69) is 9.97 Å². The second-order valence-electron chi connectivity index (χ2n) is 5.70. The highest BCUT2D eigenvalue weighted by Crippen LogP contribution is 2.24. The first-order valence-electron chi connectivity index (χ1n) is 7.48. The van der Waals surface area contributed by atoms with Crippen LogP contribution in [-0.2, 0) is 4.79 Å². The second kappa shape index (κ2) is 5.35. The molecule has 1 amide bonds. The maximum absolute atomic E-state index is 12.7. The molecular formula is C15H21N5O. The van der Waals surface area contributed by atoms with Gasteiger partial charge < -0.3 is 10.6 Å². The maximum Gasteiger partial charge on any atom is 0.245 e. The van der Waals surface area contributed by atoms with Gasteiger partial charge in [0.15, 0.2) is 5.65 Å². The molecule has 0 spiro atoms. The molecule has 1 unspecified atom stereocenters. The smallest absolute Gasteiger partial charge is 0.245 e. The molecule has 0 aliphatic carbocycles. The zero-order valence-corrected chi connectivity index (χ0v) is 12.5. The average Bonchev–Trinajstić information content (AvgIpc) is 2.82. The number of aryl methyl sites for hydroxylation is 1. The van der Waals surface area contributed by atoms with Crippen LogP contribution in [0.4, 0.5) is 5.95 Å². The number of anilines is 1. The van der Waals surface area contributed by atoms with Crippen LogP contribution in [0, 0.1) is 6.92 Å². The Labute approximate surface area is 124 Å². The van der Waals surface area contributed by atoms with Crippen molar-refractivity contribution in [1.82, 2.24) is 19.4 Å². The zero-order chi connectivity index (χ0) is 15.0. The highest BCUT2D eigenvalue weighted by molar-refractivity contribution is 5.84. The number of nitrogens with two attached hydrogens (primary N) is 1. The molecule has 2 N–H and O–H groups in total. The average molecular weight is 287 g/mol. The Morgan fingerprint density at radius 1 is 1.24 bits per heavy atom. The van der Waals surface area contributed by atoms with Crippen LogP contribution in [0.25, 0.3) is 11.2 Å². The summed E-state index contributed by atoms with van der Waals surface area (Å²) in [6, 6.07) is 3.42. The summed E-state index contributed by atoms with van der Waals surface area (Å²) in [4.78, 5) is 23.4. The largest absolute Gasteiger partial charge is 0.369 e. The Morgan fingerprint density at radius 2 is 1.95 bits per heavy atom. The fraction of sp³-hybridized carbons (Fsp3) is 0.533. The van der Waals surface area contributed by atoms with Gasteiger partial charge in [-0.25, -0.2) is 9.97 Å². The van der Waals surface area contributed by atoms with Gasteiger partial charge in [0, 0.05) is 18.8 Å². The summed E-state index contributed by atoms with van der Waals surface area (Å²) >= 11 is 0. The topological polar surface area (TPSA) is 77.0 Å². The number of nitrogen functional groups attached to an aromatic ring is 1. The minimum Gasteiger partial charge on any atom is -0.369 e. The predicted octanol–water partition coefficient (Wildman–Crippen LogP) is 1.90. The third kappa shape index (κ3) is 2.46. The molecule has 0 aromatic carbocycles. The van der Waals surface area contributed by atoms with Crippen LogP contribution in [0.2, 0.25) is 0 Å². The number of rotatable bonds is 2. The Balaban J connectivity index is 1.96. The molecule has 6 nitrogen and oxygen atoms in total. The number of hydrogen-bond acceptors (Lipinski definition) is 4. The first-order valence-corrected chi connectivity index (χ1v) is 7.48. The third-order valence-electron chi connectivity index (χ3n) is 4.12. The standard InChI is InChI=1S/C15H21N5O/c1-10-6-7-12-13(17-10)20(15(16)18-12)11(2)14(21)19-8-4-3-5-9-19/h6-7,11H,3-5,8-9H2,1-2H3,(H2,16,18). The molecule has 112 valence electrons. The van der Waals surface area contributed by atoms with Crippen molar-refractivity contribution in [2.45, 2.75) is 39.2 Å². The number of pyridine rings is 1. The summed E-state index contributed by atoms with van der Waals surface area (Å²) in [5.74, 6) is 0.449. The minimum atomic E-state index is -0.373. The molecule has 0 radical (unpaired) electrons. The van der Waals surface area contributed by atoms with Crippen LogP contribution in [0.3, 0.4) is 0 Å². The lowest BCUT2D eigenvalue weighted by Crippen LogP contribution is -2.39. The lowest BCUT2D eigenvalue weighted by atomic mass is 10.1. The number of hydrogen-bond donors (Lipinski definition) is 1. The molecule has 0 bridgehead atoms. The van der Waals surface area contributed by atoms with E-state index in [0.717, 1.165) is 37.1 Å². The van der Waals surface area contributed by atoms with Crippen molar-refractivity contribution in [2.24, 2.45) is 0 Å². The van der Waals surface area contributed by atoms with Crippen molar-refractivity contribution < 1.29 is 4.79 Å². The number of fused-ring (bicyclic) bond motifs is 1. The molecule has 1 aliphatic heterocycles. The number of carbonyl (C=O) groups excluding carboxylic acids is 1. The number of imidazole rings is 1. The van der Waals surface area contributed by atoms with Crippen molar-refractivity contribution in [3.8, 4) is 0 Å². The van der Waals surface area contributed by atoms with Gasteiger partial charge in [-0.2, -0.15) is 0 Å². The molecule has 3 rings (SSSR count). The Bertz CT molecular complexity index is 672. The molecule has 6 heteroatoms. The van der Waals surface area contributed by atoms with Crippen LogP contribution in [0.1, 0.15) is 37.9 Å². The minimum absolute atomic E-state index is 0.101. The van der Waals surface area contributed by atoms with E-state index in [1.165, 1.54) is 6.42 Å². The van der Waals surface area contributed by atoms with E-state index in [-0.39, 0.29) is 11.9 Å². The van der Waals surface area contributed by atoms with E-state index in [0.29, 0.717) is 11.6 Å². The quantitative estimate of drug-likeness (QED) is 0.915. The van der Waals surface area contributed by atoms with Gasteiger partial charge >= 0.3 is 0 Å². The van der Waals surface area contributed by atoms with Crippen molar-refractivity contribution >= 4 is 23.0 Å². The third-order valence-corrected chi connectivity index (χ3v) is 4.12. The van der Waals surface area contributed by atoms with Gasteiger partial charge in [0.1, 0.15) is 11.6 Å². The van der Waals surface area contributed by atoms with E-state index in [1.54, 1.807) is 4.57 Å². The van der Waals surface area contributed by atoms with Gasteiger partial charge in [-0.3, -0.25) is 9.36 Å². The SMILES string of the molecule is Cc1ccc2nc(N)n(C(C)C(=O)N3CCCCC3)c2n1. The number of amides is 1. The van der Waals surface area contributed by atoms with E-state index in [4.69, 9.17) is 5.73 Å². The number of nitrogens with zero attached hydrogens (tertiary/aromatic N) is 4.